The minimum absolute atomic E-state index is 0.0479. The number of aliphatic imine (C=N–C) groups is 1. The van der Waals surface area contributed by atoms with Crippen molar-refractivity contribution in [2.45, 2.75) is 18.6 Å². The van der Waals surface area contributed by atoms with Gasteiger partial charge in [-0.1, -0.05) is 11.6 Å². The molecule has 2 aromatic heterocycles. The lowest BCUT2D eigenvalue weighted by Crippen LogP contribution is -2.49. The minimum atomic E-state index is -3.02. The number of nitrogens with zero attached hydrogens (tertiary/aromatic N) is 3. The van der Waals surface area contributed by atoms with E-state index < -0.39 is 18.1 Å². The number of halogens is 3. The average molecular weight is 460 g/mol. The van der Waals surface area contributed by atoms with Gasteiger partial charge in [0.2, 0.25) is 0 Å². The van der Waals surface area contributed by atoms with E-state index in [-0.39, 0.29) is 34.2 Å². The van der Waals surface area contributed by atoms with E-state index in [2.05, 4.69) is 25.0 Å². The summed E-state index contributed by atoms with van der Waals surface area (Å²) >= 11 is 7.28. The number of nitrogens with one attached hydrogen (secondary N) is 1. The molecule has 2 atom stereocenters. The molecule has 0 aromatic carbocycles. The van der Waals surface area contributed by atoms with Crippen molar-refractivity contribution in [1.29, 1.82) is 0 Å². The second-order valence-electron chi connectivity index (χ2n) is 6.60. The molecule has 30 heavy (non-hydrogen) atoms. The third kappa shape index (κ3) is 4.02. The monoisotopic (exact) mass is 459 g/mol. The van der Waals surface area contributed by atoms with Gasteiger partial charge in [-0.05, 0) is 6.42 Å². The average Bonchev–Trinajstić information content (AvgIpc) is 3.16. The number of rotatable bonds is 5. The van der Waals surface area contributed by atoms with Crippen LogP contribution >= 0.6 is 22.9 Å². The Balaban J connectivity index is 1.53. The zero-order valence-corrected chi connectivity index (χ0v) is 16.9. The van der Waals surface area contributed by atoms with Crippen LogP contribution in [0.3, 0.4) is 0 Å². The van der Waals surface area contributed by atoms with Gasteiger partial charge in [-0.15, -0.1) is 11.3 Å². The minimum Gasteiger partial charge on any atom is -0.465 e. The van der Waals surface area contributed by atoms with Gasteiger partial charge in [-0.25, -0.2) is 15.0 Å². The van der Waals surface area contributed by atoms with Crippen LogP contribution in [0.5, 0.6) is 5.75 Å². The predicted molar refractivity (Wildman–Crippen MR) is 104 cm³/mol. The molecule has 160 valence electrons. The largest absolute Gasteiger partial charge is 0.465 e. The zero-order valence-electron chi connectivity index (χ0n) is 15.3. The number of anilines is 1. The Morgan fingerprint density at radius 3 is 3.10 bits per heavy atom. The first kappa shape index (κ1) is 20.7. The van der Waals surface area contributed by atoms with Crippen LogP contribution in [-0.2, 0) is 15.0 Å². The third-order valence-corrected chi connectivity index (χ3v) is 6.02. The Labute approximate surface area is 178 Å². The molecule has 3 N–H and O–H groups in total. The van der Waals surface area contributed by atoms with E-state index in [1.165, 1.54) is 11.3 Å². The summed E-state index contributed by atoms with van der Waals surface area (Å²) in [4.78, 5) is 25.3. The summed E-state index contributed by atoms with van der Waals surface area (Å²) < 4.78 is 39.8. The second-order valence-corrected chi connectivity index (χ2v) is 7.86. The molecule has 0 bridgehead atoms. The molecule has 13 heteroatoms. The molecule has 0 spiro atoms. The lowest BCUT2D eigenvalue weighted by Gasteiger charge is -2.41. The highest BCUT2D eigenvalue weighted by atomic mass is 35.5. The highest BCUT2D eigenvalue weighted by molar-refractivity contribution is 7.10. The molecule has 4 heterocycles. The van der Waals surface area contributed by atoms with Crippen LogP contribution in [0.4, 0.5) is 14.6 Å². The normalized spacial score (nSPS) is 23.3. The fourth-order valence-corrected chi connectivity index (χ4v) is 4.52. The number of hydrogen-bond acceptors (Lipinski definition) is 9. The van der Waals surface area contributed by atoms with Gasteiger partial charge < -0.3 is 25.3 Å². The third-order valence-electron chi connectivity index (χ3n) is 4.72. The first-order valence-electron chi connectivity index (χ1n) is 8.81. The number of carbonyl (C=O) groups is 1. The molecular formula is C17H16ClF2N5O4S. The Morgan fingerprint density at radius 2 is 2.33 bits per heavy atom. The van der Waals surface area contributed by atoms with Crippen LogP contribution in [0.2, 0.25) is 5.02 Å². The fraction of sp³-hybridized carbons (Fsp3) is 0.412. The van der Waals surface area contributed by atoms with E-state index in [1.807, 2.05) is 0 Å². The molecule has 1 saturated heterocycles. The number of alkyl halides is 2. The maximum atomic E-state index is 12.5. The summed E-state index contributed by atoms with van der Waals surface area (Å²) in [5.41, 5.74) is 4.87. The van der Waals surface area contributed by atoms with Crippen LogP contribution in [0.1, 0.15) is 21.9 Å². The Bertz CT molecular complexity index is 991. The molecule has 2 aliphatic heterocycles. The van der Waals surface area contributed by atoms with Crippen LogP contribution in [-0.4, -0.2) is 48.3 Å². The predicted octanol–water partition coefficient (Wildman–Crippen LogP) is 2.62. The Hall–Kier alpha value is -2.57. The number of nitrogens with two attached hydrogens (primary N) is 1. The lowest BCUT2D eigenvalue weighted by molar-refractivity contribution is -0.0500. The SMILES string of the molecule is NC1=NC2(c3nc(NC(=O)c4ncc(OC(F)F)cc4Cl)cs3)COCCC2CO1. The highest BCUT2D eigenvalue weighted by Gasteiger charge is 2.48. The van der Waals surface area contributed by atoms with Gasteiger partial charge in [0, 0.05) is 24.0 Å². The number of amidine groups is 1. The molecule has 0 saturated carbocycles. The smallest absolute Gasteiger partial charge is 0.387 e. The molecular weight excluding hydrogens is 444 g/mol. The van der Waals surface area contributed by atoms with Gasteiger partial charge in [-0.3, -0.25) is 4.79 Å². The number of pyridine rings is 1. The van der Waals surface area contributed by atoms with E-state index >= 15 is 0 Å². The molecule has 1 amide bonds. The van der Waals surface area contributed by atoms with E-state index in [4.69, 9.17) is 26.8 Å². The van der Waals surface area contributed by atoms with Gasteiger partial charge >= 0.3 is 6.61 Å². The van der Waals surface area contributed by atoms with Crippen LogP contribution in [0.15, 0.2) is 22.6 Å². The highest BCUT2D eigenvalue weighted by Crippen LogP contribution is 2.43. The molecule has 2 aliphatic rings. The number of fused-ring (bicyclic) bond motifs is 1. The molecule has 1 fully saturated rings. The van der Waals surface area contributed by atoms with Crippen LogP contribution in [0.25, 0.3) is 0 Å². The van der Waals surface area contributed by atoms with Crippen molar-refractivity contribution in [1.82, 2.24) is 9.97 Å². The van der Waals surface area contributed by atoms with Crippen molar-refractivity contribution in [2.75, 3.05) is 25.1 Å². The van der Waals surface area contributed by atoms with Gasteiger partial charge in [-0.2, -0.15) is 8.78 Å². The van der Waals surface area contributed by atoms with Gasteiger partial charge in [0.25, 0.3) is 11.9 Å². The number of hydrogen-bond donors (Lipinski definition) is 2. The Kier molecular flexibility index (Phi) is 5.71. The Morgan fingerprint density at radius 1 is 1.50 bits per heavy atom. The quantitative estimate of drug-likeness (QED) is 0.704. The summed E-state index contributed by atoms with van der Waals surface area (Å²) in [7, 11) is 0. The van der Waals surface area contributed by atoms with E-state index in [0.717, 1.165) is 18.7 Å². The van der Waals surface area contributed by atoms with Crippen molar-refractivity contribution < 1.29 is 27.8 Å². The van der Waals surface area contributed by atoms with Gasteiger partial charge in [0.05, 0.1) is 24.4 Å². The second kappa shape index (κ2) is 8.28. The van der Waals surface area contributed by atoms with E-state index in [1.54, 1.807) is 5.38 Å². The zero-order chi connectivity index (χ0) is 21.3. The summed E-state index contributed by atoms with van der Waals surface area (Å²) in [6.07, 6.45) is 1.73. The lowest BCUT2D eigenvalue weighted by atomic mass is 9.81. The van der Waals surface area contributed by atoms with Crippen molar-refractivity contribution in [3.63, 3.8) is 0 Å². The van der Waals surface area contributed by atoms with Crippen LogP contribution in [0, 0.1) is 5.92 Å². The molecule has 2 aromatic rings. The standard InChI is InChI=1S/C17H16ClF2N5O4S/c18-10-3-9(29-15(19)20)4-22-12(10)13(26)23-11-6-30-14(24-11)17-7-27-2-1-8(17)5-28-16(21)25-17/h3-4,6,8,15H,1-2,5,7H2,(H2,21,25)(H,23,26). The molecule has 9 nitrogen and oxygen atoms in total. The van der Waals surface area contributed by atoms with Crippen molar-refractivity contribution in [3.8, 4) is 5.75 Å². The molecule has 0 aliphatic carbocycles. The first-order chi connectivity index (χ1) is 14.4. The first-order valence-corrected chi connectivity index (χ1v) is 10.1. The number of aromatic nitrogens is 2. The topological polar surface area (TPSA) is 121 Å². The summed E-state index contributed by atoms with van der Waals surface area (Å²) in [5.74, 6) is -0.583. The summed E-state index contributed by atoms with van der Waals surface area (Å²) in [6, 6.07) is 1.16. The summed E-state index contributed by atoms with van der Waals surface area (Å²) in [6.45, 7) is -1.71. The summed E-state index contributed by atoms with van der Waals surface area (Å²) in [5, 5.41) is 4.74. The van der Waals surface area contributed by atoms with Gasteiger partial charge in [0.1, 0.15) is 27.8 Å². The van der Waals surface area contributed by atoms with Crippen LogP contribution < -0.4 is 15.8 Å². The van der Waals surface area contributed by atoms with E-state index in [9.17, 15) is 13.6 Å². The number of ether oxygens (including phenoxy) is 3. The molecule has 4 rings (SSSR count). The number of thiazole rings is 1. The van der Waals surface area contributed by atoms with Crippen molar-refractivity contribution in [3.05, 3.63) is 33.4 Å². The van der Waals surface area contributed by atoms with Crippen molar-refractivity contribution in [2.24, 2.45) is 16.6 Å². The fourth-order valence-electron chi connectivity index (χ4n) is 3.31. The molecule has 0 radical (unpaired) electrons. The van der Waals surface area contributed by atoms with E-state index in [0.29, 0.717) is 24.8 Å². The van der Waals surface area contributed by atoms with Crippen molar-refractivity contribution >= 4 is 40.7 Å². The number of carbonyl (C=O) groups excluding carboxylic acids is 1. The number of amides is 1. The maximum Gasteiger partial charge on any atom is 0.387 e. The van der Waals surface area contributed by atoms with Gasteiger partial charge in [0.15, 0.2) is 0 Å². The maximum absolute atomic E-state index is 12.5. The molecule has 2 unspecified atom stereocenters.